The van der Waals surface area contributed by atoms with Gasteiger partial charge in [0, 0.05) is 0 Å². The lowest BCUT2D eigenvalue weighted by Gasteiger charge is -2.21. The minimum absolute atomic E-state index is 0.108. The van der Waals surface area contributed by atoms with E-state index in [4.69, 9.17) is 14.2 Å². The number of carbonyl (C=O) groups is 1. The van der Waals surface area contributed by atoms with E-state index in [1.807, 2.05) is 43.3 Å². The molecule has 24 heavy (non-hydrogen) atoms. The molecule has 0 saturated carbocycles. The largest absolute Gasteiger partial charge is 0.495 e. The quantitative estimate of drug-likeness (QED) is 0.883. The van der Waals surface area contributed by atoms with Gasteiger partial charge in [-0.05, 0) is 36.8 Å². The highest BCUT2D eigenvalue weighted by molar-refractivity contribution is 5.95. The lowest BCUT2D eigenvalue weighted by atomic mass is 10.2. The van der Waals surface area contributed by atoms with Crippen LogP contribution in [-0.2, 0) is 4.79 Å². The highest BCUT2D eigenvalue weighted by Gasteiger charge is 2.16. The maximum atomic E-state index is 12.2. The molecule has 1 aliphatic rings. The minimum atomic E-state index is -0.173. The summed E-state index contributed by atoms with van der Waals surface area (Å²) in [4.78, 5) is 12.2. The molecule has 2 aromatic carbocycles. The first-order valence-electron chi connectivity index (χ1n) is 7.74. The maximum absolute atomic E-state index is 12.2. The van der Waals surface area contributed by atoms with Crippen LogP contribution in [0.1, 0.15) is 5.56 Å². The zero-order chi connectivity index (χ0) is 16.9. The molecule has 1 aliphatic heterocycles. The number of fused-ring (bicyclic) bond motifs is 1. The average Bonchev–Trinajstić information content (AvgIpc) is 2.60. The summed E-state index contributed by atoms with van der Waals surface area (Å²) in [7, 11) is 1.58. The minimum Gasteiger partial charge on any atom is -0.495 e. The number of benzene rings is 2. The zero-order valence-electron chi connectivity index (χ0n) is 13.7. The SMILES string of the molecule is COc1ccc(C)cc1NC(=O)CNc1cccc2c1OCCO2. The summed E-state index contributed by atoms with van der Waals surface area (Å²) in [5, 5.41) is 5.94. The summed E-state index contributed by atoms with van der Waals surface area (Å²) in [6, 6.07) is 11.2. The van der Waals surface area contributed by atoms with Crippen LogP contribution in [0.2, 0.25) is 0 Å². The van der Waals surface area contributed by atoms with Crippen molar-refractivity contribution in [3.05, 3.63) is 42.0 Å². The van der Waals surface area contributed by atoms with Crippen LogP contribution in [0.15, 0.2) is 36.4 Å². The Morgan fingerprint density at radius 2 is 2.00 bits per heavy atom. The Bertz CT molecular complexity index is 746. The van der Waals surface area contributed by atoms with Gasteiger partial charge >= 0.3 is 0 Å². The summed E-state index contributed by atoms with van der Waals surface area (Å²) in [5.74, 6) is 1.78. The number of rotatable bonds is 5. The summed E-state index contributed by atoms with van der Waals surface area (Å²) in [6.45, 7) is 3.10. The van der Waals surface area contributed by atoms with Gasteiger partial charge in [0.15, 0.2) is 11.5 Å². The molecule has 0 aromatic heterocycles. The van der Waals surface area contributed by atoms with Crippen molar-refractivity contribution in [2.45, 2.75) is 6.92 Å². The average molecular weight is 328 g/mol. The van der Waals surface area contributed by atoms with Crippen molar-refractivity contribution in [2.75, 3.05) is 37.5 Å². The van der Waals surface area contributed by atoms with Gasteiger partial charge < -0.3 is 24.8 Å². The Kier molecular flexibility index (Phi) is 4.74. The summed E-state index contributed by atoms with van der Waals surface area (Å²) in [6.07, 6.45) is 0. The van der Waals surface area contributed by atoms with Gasteiger partial charge in [0.1, 0.15) is 19.0 Å². The van der Waals surface area contributed by atoms with Gasteiger partial charge in [0.25, 0.3) is 0 Å². The van der Waals surface area contributed by atoms with E-state index in [0.29, 0.717) is 36.1 Å². The Hall–Kier alpha value is -2.89. The fourth-order valence-corrected chi connectivity index (χ4v) is 2.50. The first-order chi connectivity index (χ1) is 11.7. The topological polar surface area (TPSA) is 68.8 Å². The van der Waals surface area contributed by atoms with Crippen molar-refractivity contribution in [3.8, 4) is 17.2 Å². The fourth-order valence-electron chi connectivity index (χ4n) is 2.50. The lowest BCUT2D eigenvalue weighted by Crippen LogP contribution is -2.23. The van der Waals surface area contributed by atoms with Crippen LogP contribution in [-0.4, -0.2) is 32.8 Å². The first kappa shape index (κ1) is 16.0. The summed E-state index contributed by atoms with van der Waals surface area (Å²) < 4.78 is 16.4. The fraction of sp³-hybridized carbons (Fsp3) is 0.278. The van der Waals surface area contributed by atoms with Gasteiger partial charge in [0.05, 0.1) is 25.0 Å². The first-order valence-corrected chi connectivity index (χ1v) is 7.74. The van der Waals surface area contributed by atoms with E-state index in [1.165, 1.54) is 0 Å². The summed E-state index contributed by atoms with van der Waals surface area (Å²) >= 11 is 0. The number of carbonyl (C=O) groups excluding carboxylic acids is 1. The third kappa shape index (κ3) is 3.53. The third-order valence-electron chi connectivity index (χ3n) is 3.63. The number of nitrogens with one attached hydrogen (secondary N) is 2. The molecule has 0 spiro atoms. The molecule has 126 valence electrons. The van der Waals surface area contributed by atoms with Gasteiger partial charge in [-0.1, -0.05) is 12.1 Å². The van der Waals surface area contributed by atoms with Crippen LogP contribution in [0.5, 0.6) is 17.2 Å². The van der Waals surface area contributed by atoms with E-state index in [0.717, 1.165) is 11.3 Å². The highest BCUT2D eigenvalue weighted by Crippen LogP contribution is 2.37. The monoisotopic (exact) mass is 328 g/mol. The number of para-hydroxylation sites is 1. The predicted molar refractivity (Wildman–Crippen MR) is 92.3 cm³/mol. The van der Waals surface area contributed by atoms with Crippen LogP contribution in [0, 0.1) is 6.92 Å². The van der Waals surface area contributed by atoms with Crippen LogP contribution in [0.3, 0.4) is 0 Å². The molecule has 3 rings (SSSR count). The third-order valence-corrected chi connectivity index (χ3v) is 3.63. The maximum Gasteiger partial charge on any atom is 0.243 e. The molecule has 0 radical (unpaired) electrons. The van der Waals surface area contributed by atoms with E-state index in [-0.39, 0.29) is 12.5 Å². The van der Waals surface area contributed by atoms with Crippen molar-refractivity contribution in [2.24, 2.45) is 0 Å². The molecule has 1 amide bonds. The molecule has 0 unspecified atom stereocenters. The van der Waals surface area contributed by atoms with E-state index < -0.39 is 0 Å². The number of anilines is 2. The van der Waals surface area contributed by atoms with E-state index in [9.17, 15) is 4.79 Å². The number of hydrogen-bond donors (Lipinski definition) is 2. The van der Waals surface area contributed by atoms with Crippen molar-refractivity contribution < 1.29 is 19.0 Å². The van der Waals surface area contributed by atoms with E-state index in [2.05, 4.69) is 10.6 Å². The Labute approximate surface area is 140 Å². The molecular formula is C18H20N2O4. The van der Waals surface area contributed by atoms with Crippen molar-refractivity contribution in [1.82, 2.24) is 0 Å². The summed E-state index contributed by atoms with van der Waals surface area (Å²) in [5.41, 5.74) is 2.43. The molecule has 2 N–H and O–H groups in total. The molecule has 0 saturated heterocycles. The second-order valence-corrected chi connectivity index (χ2v) is 5.44. The van der Waals surface area contributed by atoms with Crippen LogP contribution < -0.4 is 24.8 Å². The Balaban J connectivity index is 1.65. The van der Waals surface area contributed by atoms with Crippen LogP contribution in [0.25, 0.3) is 0 Å². The molecule has 1 heterocycles. The van der Waals surface area contributed by atoms with E-state index >= 15 is 0 Å². The highest BCUT2D eigenvalue weighted by atomic mass is 16.6. The van der Waals surface area contributed by atoms with Gasteiger partial charge in [-0.2, -0.15) is 0 Å². The zero-order valence-corrected chi connectivity index (χ0v) is 13.7. The van der Waals surface area contributed by atoms with Crippen LogP contribution >= 0.6 is 0 Å². The van der Waals surface area contributed by atoms with Crippen LogP contribution in [0.4, 0.5) is 11.4 Å². The second-order valence-electron chi connectivity index (χ2n) is 5.44. The van der Waals surface area contributed by atoms with E-state index in [1.54, 1.807) is 7.11 Å². The lowest BCUT2D eigenvalue weighted by molar-refractivity contribution is -0.114. The second kappa shape index (κ2) is 7.12. The van der Waals surface area contributed by atoms with Crippen molar-refractivity contribution in [3.63, 3.8) is 0 Å². The standard InChI is InChI=1S/C18H20N2O4/c1-12-6-7-15(22-2)14(10-12)20-17(21)11-19-13-4-3-5-16-18(13)24-9-8-23-16/h3-7,10,19H,8-9,11H2,1-2H3,(H,20,21). The molecule has 0 atom stereocenters. The van der Waals surface area contributed by atoms with Gasteiger partial charge in [-0.15, -0.1) is 0 Å². The van der Waals surface area contributed by atoms with Gasteiger partial charge in [-0.3, -0.25) is 4.79 Å². The molecule has 0 aliphatic carbocycles. The molecule has 6 heteroatoms. The smallest absolute Gasteiger partial charge is 0.243 e. The number of aryl methyl sites for hydroxylation is 1. The van der Waals surface area contributed by atoms with Crippen molar-refractivity contribution >= 4 is 17.3 Å². The molecular weight excluding hydrogens is 308 g/mol. The number of amides is 1. The molecule has 2 aromatic rings. The predicted octanol–water partition coefficient (Wildman–Crippen LogP) is 2.83. The Morgan fingerprint density at radius 3 is 2.83 bits per heavy atom. The van der Waals surface area contributed by atoms with Gasteiger partial charge in [0.2, 0.25) is 5.91 Å². The molecule has 0 bridgehead atoms. The Morgan fingerprint density at radius 1 is 1.17 bits per heavy atom. The number of hydrogen-bond acceptors (Lipinski definition) is 5. The number of ether oxygens (including phenoxy) is 3. The van der Waals surface area contributed by atoms with Crippen molar-refractivity contribution in [1.29, 1.82) is 0 Å². The number of methoxy groups -OCH3 is 1. The molecule has 6 nitrogen and oxygen atoms in total. The molecule has 0 fully saturated rings. The van der Waals surface area contributed by atoms with Gasteiger partial charge in [-0.25, -0.2) is 0 Å². The normalized spacial score (nSPS) is 12.4.